The molecule has 1 N–H and O–H groups in total. The summed E-state index contributed by atoms with van der Waals surface area (Å²) in [5.41, 5.74) is -0.698. The summed E-state index contributed by atoms with van der Waals surface area (Å²) >= 11 is 3.19. The molecule has 0 bridgehead atoms. The van der Waals surface area contributed by atoms with E-state index in [0.29, 0.717) is 27.2 Å². The average molecular weight is 606 g/mol. The minimum atomic E-state index is -4.41. The van der Waals surface area contributed by atoms with Gasteiger partial charge in [0.2, 0.25) is 16.0 Å². The molecule has 0 saturated carbocycles. The van der Waals surface area contributed by atoms with Gasteiger partial charge in [0.25, 0.3) is 0 Å². The summed E-state index contributed by atoms with van der Waals surface area (Å²) in [6.45, 7) is 4.19. The van der Waals surface area contributed by atoms with E-state index in [1.165, 1.54) is 38.1 Å². The number of halogens is 2. The highest BCUT2D eigenvalue weighted by atomic mass is 79.9. The molecule has 0 aliphatic carbocycles. The molecular formula is C24H25BrFN7O4S. The van der Waals surface area contributed by atoms with Gasteiger partial charge in [-0.3, -0.25) is 14.3 Å². The molecule has 2 atom stereocenters. The smallest absolute Gasteiger partial charge is 0.243 e. The molecule has 0 saturated heterocycles. The number of nitrogens with one attached hydrogen (secondary N) is 1. The summed E-state index contributed by atoms with van der Waals surface area (Å²) in [6, 6.07) is 6.90. The SMILES string of the molecule is COc1cccc(OC)c1-n1c(NS(=O)(=O)[C@H](C)C(C)(F)c2ncc(Br)cn2)nnc1-c1cncc(C)c1. The number of nitrogens with zero attached hydrogens (tertiary/aromatic N) is 6. The predicted molar refractivity (Wildman–Crippen MR) is 143 cm³/mol. The number of para-hydroxylation sites is 1. The summed E-state index contributed by atoms with van der Waals surface area (Å²) in [7, 11) is -1.48. The van der Waals surface area contributed by atoms with Crippen LogP contribution in [0, 0.1) is 6.92 Å². The third-order valence-corrected chi connectivity index (χ3v) is 8.19. The molecule has 3 heterocycles. The second-order valence-corrected chi connectivity index (χ2v) is 11.5. The fourth-order valence-corrected chi connectivity index (χ4v) is 5.19. The van der Waals surface area contributed by atoms with Crippen LogP contribution in [0.4, 0.5) is 10.3 Å². The maximum Gasteiger partial charge on any atom is 0.243 e. The second kappa shape index (κ2) is 10.6. The zero-order valence-electron chi connectivity index (χ0n) is 21.2. The second-order valence-electron chi connectivity index (χ2n) is 8.53. The Morgan fingerprint density at radius 3 is 2.29 bits per heavy atom. The third kappa shape index (κ3) is 5.18. The number of methoxy groups -OCH3 is 2. The van der Waals surface area contributed by atoms with Crippen LogP contribution in [-0.4, -0.2) is 57.6 Å². The molecule has 4 aromatic rings. The Balaban J connectivity index is 1.86. The van der Waals surface area contributed by atoms with Crippen molar-refractivity contribution in [2.24, 2.45) is 0 Å². The number of aromatic nitrogens is 6. The van der Waals surface area contributed by atoms with E-state index in [0.717, 1.165) is 12.5 Å². The molecule has 3 aromatic heterocycles. The van der Waals surface area contributed by atoms with E-state index in [9.17, 15) is 8.42 Å². The lowest BCUT2D eigenvalue weighted by Gasteiger charge is -2.26. The van der Waals surface area contributed by atoms with Crippen LogP contribution in [0.1, 0.15) is 25.2 Å². The van der Waals surface area contributed by atoms with Gasteiger partial charge in [-0.1, -0.05) is 6.07 Å². The molecule has 4 rings (SSSR count). The number of anilines is 1. The van der Waals surface area contributed by atoms with E-state index in [4.69, 9.17) is 9.47 Å². The molecule has 1 unspecified atom stereocenters. The first-order valence-corrected chi connectivity index (χ1v) is 13.6. The Hall–Kier alpha value is -3.65. The van der Waals surface area contributed by atoms with Gasteiger partial charge in [0.1, 0.15) is 22.4 Å². The average Bonchev–Trinajstić information content (AvgIpc) is 3.30. The highest BCUT2D eigenvalue weighted by molar-refractivity contribution is 9.10. The van der Waals surface area contributed by atoms with Crippen LogP contribution in [0.2, 0.25) is 0 Å². The maximum absolute atomic E-state index is 15.9. The van der Waals surface area contributed by atoms with Crippen LogP contribution in [0.3, 0.4) is 0 Å². The third-order valence-electron chi connectivity index (χ3n) is 5.94. The minimum absolute atomic E-state index is 0.205. The van der Waals surface area contributed by atoms with Gasteiger partial charge in [0, 0.05) is 30.4 Å². The van der Waals surface area contributed by atoms with Gasteiger partial charge in [0.05, 0.1) is 18.7 Å². The molecule has 0 radical (unpaired) electrons. The molecule has 200 valence electrons. The molecular weight excluding hydrogens is 581 g/mol. The maximum atomic E-state index is 15.9. The van der Waals surface area contributed by atoms with Crippen LogP contribution in [0.25, 0.3) is 17.1 Å². The van der Waals surface area contributed by atoms with E-state index in [2.05, 4.69) is 45.8 Å². The Morgan fingerprint density at radius 1 is 1.08 bits per heavy atom. The van der Waals surface area contributed by atoms with E-state index >= 15 is 4.39 Å². The van der Waals surface area contributed by atoms with Crippen molar-refractivity contribution in [3.63, 3.8) is 0 Å². The number of benzene rings is 1. The monoisotopic (exact) mass is 605 g/mol. The minimum Gasteiger partial charge on any atom is -0.494 e. The Labute approximate surface area is 227 Å². The van der Waals surface area contributed by atoms with Crippen molar-refractivity contribution in [1.82, 2.24) is 29.7 Å². The molecule has 38 heavy (non-hydrogen) atoms. The number of pyridine rings is 1. The van der Waals surface area contributed by atoms with Crippen LogP contribution >= 0.6 is 15.9 Å². The highest BCUT2D eigenvalue weighted by Crippen LogP contribution is 2.38. The molecule has 0 aliphatic heterocycles. The van der Waals surface area contributed by atoms with Gasteiger partial charge in [-0.25, -0.2) is 22.8 Å². The number of rotatable bonds is 9. The largest absolute Gasteiger partial charge is 0.494 e. The number of sulfonamides is 1. The van der Waals surface area contributed by atoms with E-state index in [1.54, 1.807) is 30.6 Å². The van der Waals surface area contributed by atoms with Crippen molar-refractivity contribution in [2.45, 2.75) is 31.7 Å². The summed E-state index contributed by atoms with van der Waals surface area (Å²) < 4.78 is 58.4. The van der Waals surface area contributed by atoms with Crippen molar-refractivity contribution in [3.05, 3.63) is 64.9 Å². The molecule has 14 heteroatoms. The predicted octanol–water partition coefficient (Wildman–Crippen LogP) is 4.22. The number of ether oxygens (including phenoxy) is 2. The van der Waals surface area contributed by atoms with Crippen molar-refractivity contribution < 1.29 is 22.3 Å². The molecule has 0 fully saturated rings. The van der Waals surface area contributed by atoms with Crippen molar-refractivity contribution >= 4 is 31.9 Å². The van der Waals surface area contributed by atoms with Gasteiger partial charge in [0.15, 0.2) is 17.3 Å². The summed E-state index contributed by atoms with van der Waals surface area (Å²) in [6.07, 6.45) is 5.94. The van der Waals surface area contributed by atoms with Crippen LogP contribution < -0.4 is 14.2 Å². The zero-order chi connectivity index (χ0) is 27.7. The van der Waals surface area contributed by atoms with Crippen LogP contribution in [0.5, 0.6) is 11.5 Å². The van der Waals surface area contributed by atoms with Gasteiger partial charge < -0.3 is 9.47 Å². The molecule has 1 aromatic carbocycles. The number of hydrogen-bond donors (Lipinski definition) is 1. The summed E-state index contributed by atoms with van der Waals surface area (Å²) in [5, 5.41) is 6.73. The lowest BCUT2D eigenvalue weighted by molar-refractivity contribution is 0.175. The topological polar surface area (TPSA) is 134 Å². The van der Waals surface area contributed by atoms with Gasteiger partial charge in [-0.15, -0.1) is 10.2 Å². The van der Waals surface area contributed by atoms with Crippen molar-refractivity contribution in [2.75, 3.05) is 18.9 Å². The van der Waals surface area contributed by atoms with E-state index in [1.807, 2.05) is 13.0 Å². The Kier molecular flexibility index (Phi) is 7.65. The van der Waals surface area contributed by atoms with Crippen LogP contribution in [-0.2, 0) is 15.7 Å². The van der Waals surface area contributed by atoms with Gasteiger partial charge in [-0.2, -0.15) is 0 Å². The lowest BCUT2D eigenvalue weighted by Crippen LogP contribution is -2.41. The lowest BCUT2D eigenvalue weighted by atomic mass is 10.0. The first-order chi connectivity index (χ1) is 18.0. The fraction of sp³-hybridized carbons (Fsp3) is 0.292. The molecule has 11 nitrogen and oxygen atoms in total. The molecule has 0 amide bonds. The quantitative estimate of drug-likeness (QED) is 0.297. The van der Waals surface area contributed by atoms with Gasteiger partial charge in [-0.05, 0) is 60.5 Å². The summed E-state index contributed by atoms with van der Waals surface area (Å²) in [4.78, 5) is 12.1. The van der Waals surface area contributed by atoms with E-state index < -0.39 is 20.9 Å². The first-order valence-electron chi connectivity index (χ1n) is 11.3. The van der Waals surface area contributed by atoms with Crippen LogP contribution in [0.15, 0.2) is 53.5 Å². The van der Waals surface area contributed by atoms with Gasteiger partial charge >= 0.3 is 0 Å². The number of alkyl halides is 1. The Bertz CT molecular complexity index is 1540. The first kappa shape index (κ1) is 27.4. The van der Waals surface area contributed by atoms with E-state index in [-0.39, 0.29) is 17.6 Å². The van der Waals surface area contributed by atoms with Crippen molar-refractivity contribution in [1.29, 1.82) is 0 Å². The molecule has 0 aliphatic rings. The highest BCUT2D eigenvalue weighted by Gasteiger charge is 2.44. The zero-order valence-corrected chi connectivity index (χ0v) is 23.6. The number of hydrogen-bond acceptors (Lipinski definition) is 9. The fourth-order valence-electron chi connectivity index (χ4n) is 3.73. The summed E-state index contributed by atoms with van der Waals surface area (Å²) in [5.74, 6) is 0.492. The Morgan fingerprint density at radius 2 is 1.71 bits per heavy atom. The standard InChI is InChI=1S/C24H25BrFN7O4S/c1-14-9-16(11-27-10-14)21-30-31-23(33(21)20-18(36-4)7-6-8-19(20)37-5)32-38(34,35)15(2)24(3,26)22-28-12-17(25)13-29-22/h6-13,15H,1-5H3,(H,31,32)/t15-,24?/m1/s1. The van der Waals surface area contributed by atoms with Crippen molar-refractivity contribution in [3.8, 4) is 28.6 Å². The number of aryl methyl sites for hydroxylation is 1. The molecule has 0 spiro atoms. The normalized spacial score (nSPS) is 14.0.